The van der Waals surface area contributed by atoms with E-state index in [9.17, 15) is 0 Å². The van der Waals surface area contributed by atoms with Crippen molar-refractivity contribution in [2.75, 3.05) is 5.32 Å². The summed E-state index contributed by atoms with van der Waals surface area (Å²) in [5, 5.41) is 8.59. The molecule has 0 radical (unpaired) electrons. The minimum absolute atomic E-state index is 1.09. The van der Waals surface area contributed by atoms with Crippen molar-refractivity contribution >= 4 is 32.9 Å². The Labute approximate surface area is 158 Å². The second kappa shape index (κ2) is 6.62. The van der Waals surface area contributed by atoms with Crippen LogP contribution in [0.3, 0.4) is 0 Å². The Morgan fingerprint density at radius 1 is 0.370 bits per heavy atom. The summed E-state index contributed by atoms with van der Waals surface area (Å²) in [6, 6.07) is 38.6. The van der Waals surface area contributed by atoms with E-state index in [0.717, 1.165) is 11.4 Å². The zero-order chi connectivity index (χ0) is 18.1. The predicted octanol–water partition coefficient (Wildman–Crippen LogP) is 7.40. The molecule has 0 amide bonds. The minimum atomic E-state index is 1.09. The summed E-state index contributed by atoms with van der Waals surface area (Å²) in [5.74, 6) is 0. The molecule has 0 atom stereocenters. The lowest BCUT2D eigenvalue weighted by Gasteiger charge is -2.10. The van der Waals surface area contributed by atoms with Gasteiger partial charge in [0.2, 0.25) is 0 Å². The van der Waals surface area contributed by atoms with Crippen LogP contribution >= 0.6 is 0 Å². The molecule has 0 fully saturated rings. The van der Waals surface area contributed by atoms with E-state index in [-0.39, 0.29) is 0 Å². The highest BCUT2D eigenvalue weighted by Crippen LogP contribution is 2.28. The van der Waals surface area contributed by atoms with Gasteiger partial charge in [-0.25, -0.2) is 0 Å². The quantitative estimate of drug-likeness (QED) is 0.336. The summed E-state index contributed by atoms with van der Waals surface area (Å²) in [6.07, 6.45) is 0. The van der Waals surface area contributed by atoms with Gasteiger partial charge in [0.05, 0.1) is 0 Å². The second-order valence-corrected chi connectivity index (χ2v) is 6.83. The van der Waals surface area contributed by atoms with Crippen molar-refractivity contribution in [2.45, 2.75) is 0 Å². The van der Waals surface area contributed by atoms with Crippen LogP contribution in [0.15, 0.2) is 109 Å². The molecular formula is C26H19N. The first-order chi connectivity index (χ1) is 13.3. The molecule has 0 bridgehead atoms. The third-order valence-electron chi connectivity index (χ3n) is 4.99. The lowest BCUT2D eigenvalue weighted by atomic mass is 10.0. The van der Waals surface area contributed by atoms with Gasteiger partial charge in [0.15, 0.2) is 0 Å². The van der Waals surface area contributed by atoms with E-state index in [0.29, 0.717) is 0 Å². The maximum absolute atomic E-state index is 3.52. The lowest BCUT2D eigenvalue weighted by Crippen LogP contribution is -1.90. The van der Waals surface area contributed by atoms with Crippen molar-refractivity contribution in [3.05, 3.63) is 109 Å². The van der Waals surface area contributed by atoms with Crippen LogP contribution in [0.5, 0.6) is 0 Å². The van der Waals surface area contributed by atoms with Crippen LogP contribution in [-0.4, -0.2) is 0 Å². The van der Waals surface area contributed by atoms with E-state index in [1.807, 2.05) is 6.07 Å². The average molecular weight is 345 g/mol. The highest BCUT2D eigenvalue weighted by atomic mass is 14.9. The summed E-state index contributed by atoms with van der Waals surface area (Å²) >= 11 is 0. The summed E-state index contributed by atoms with van der Waals surface area (Å²) < 4.78 is 0. The van der Waals surface area contributed by atoms with Gasteiger partial charge in [-0.05, 0) is 69.1 Å². The standard InChI is InChI=1S/C26H19N/c1-2-6-19(7-3-1)20-10-13-25(14-11-20)27-26-15-12-23-16-21-8-4-5-9-22(21)17-24(23)18-26/h1-18,27H. The Morgan fingerprint density at radius 2 is 0.926 bits per heavy atom. The Bertz CT molecular complexity index is 1220. The number of benzene rings is 5. The molecule has 0 heterocycles. The molecule has 1 N–H and O–H groups in total. The molecule has 0 unspecified atom stereocenters. The molecule has 27 heavy (non-hydrogen) atoms. The van der Waals surface area contributed by atoms with Crippen LogP contribution in [0.2, 0.25) is 0 Å². The first-order valence-electron chi connectivity index (χ1n) is 9.20. The van der Waals surface area contributed by atoms with E-state index in [4.69, 9.17) is 0 Å². The molecular weight excluding hydrogens is 326 g/mol. The number of hydrogen-bond acceptors (Lipinski definition) is 1. The smallest absolute Gasteiger partial charge is 0.0390 e. The van der Waals surface area contributed by atoms with E-state index in [1.165, 1.54) is 32.7 Å². The normalized spacial score (nSPS) is 11.0. The van der Waals surface area contributed by atoms with E-state index < -0.39 is 0 Å². The van der Waals surface area contributed by atoms with Crippen molar-refractivity contribution < 1.29 is 0 Å². The van der Waals surface area contributed by atoms with Gasteiger partial charge < -0.3 is 5.32 Å². The van der Waals surface area contributed by atoms with Crippen molar-refractivity contribution in [3.8, 4) is 11.1 Å². The Hall–Kier alpha value is -3.58. The van der Waals surface area contributed by atoms with Crippen molar-refractivity contribution in [1.82, 2.24) is 0 Å². The molecule has 0 aliphatic heterocycles. The number of nitrogens with one attached hydrogen (secondary N) is 1. The summed E-state index contributed by atoms with van der Waals surface area (Å²) in [6.45, 7) is 0. The largest absolute Gasteiger partial charge is 0.356 e. The summed E-state index contributed by atoms with van der Waals surface area (Å²) in [4.78, 5) is 0. The zero-order valence-electron chi connectivity index (χ0n) is 14.9. The third kappa shape index (κ3) is 3.16. The van der Waals surface area contributed by atoms with Gasteiger partial charge in [0, 0.05) is 11.4 Å². The van der Waals surface area contributed by atoms with Crippen molar-refractivity contribution in [3.63, 3.8) is 0 Å². The first-order valence-corrected chi connectivity index (χ1v) is 9.20. The number of hydrogen-bond donors (Lipinski definition) is 1. The molecule has 0 spiro atoms. The van der Waals surface area contributed by atoms with Crippen LogP contribution in [0.25, 0.3) is 32.7 Å². The van der Waals surface area contributed by atoms with Crippen LogP contribution in [-0.2, 0) is 0 Å². The van der Waals surface area contributed by atoms with Crippen LogP contribution in [0, 0.1) is 0 Å². The van der Waals surface area contributed by atoms with Crippen LogP contribution < -0.4 is 5.32 Å². The fourth-order valence-corrected chi connectivity index (χ4v) is 3.56. The summed E-state index contributed by atoms with van der Waals surface area (Å²) in [7, 11) is 0. The van der Waals surface area contributed by atoms with Gasteiger partial charge >= 0.3 is 0 Å². The van der Waals surface area contributed by atoms with Crippen molar-refractivity contribution in [2.24, 2.45) is 0 Å². The number of rotatable bonds is 3. The molecule has 128 valence electrons. The van der Waals surface area contributed by atoms with Gasteiger partial charge in [0.1, 0.15) is 0 Å². The monoisotopic (exact) mass is 345 g/mol. The molecule has 0 aliphatic rings. The zero-order valence-corrected chi connectivity index (χ0v) is 14.9. The fourth-order valence-electron chi connectivity index (χ4n) is 3.56. The third-order valence-corrected chi connectivity index (χ3v) is 4.99. The molecule has 5 aromatic rings. The lowest BCUT2D eigenvalue weighted by molar-refractivity contribution is 1.55. The molecule has 5 aromatic carbocycles. The average Bonchev–Trinajstić information content (AvgIpc) is 2.73. The molecule has 0 aliphatic carbocycles. The Morgan fingerprint density at radius 3 is 1.67 bits per heavy atom. The van der Waals surface area contributed by atoms with Gasteiger partial charge in [-0.1, -0.05) is 72.8 Å². The SMILES string of the molecule is c1ccc(-c2ccc(Nc3ccc4cc5ccccc5cc4c3)cc2)cc1. The Kier molecular flexibility index (Phi) is 3.84. The number of fused-ring (bicyclic) bond motifs is 2. The molecule has 1 heteroatoms. The minimum Gasteiger partial charge on any atom is -0.356 e. The van der Waals surface area contributed by atoms with Gasteiger partial charge in [-0.2, -0.15) is 0 Å². The van der Waals surface area contributed by atoms with Gasteiger partial charge in [-0.15, -0.1) is 0 Å². The van der Waals surface area contributed by atoms with Gasteiger partial charge in [0.25, 0.3) is 0 Å². The summed E-state index contributed by atoms with van der Waals surface area (Å²) in [5.41, 5.74) is 4.66. The molecule has 5 rings (SSSR count). The van der Waals surface area contributed by atoms with E-state index in [1.54, 1.807) is 0 Å². The molecule has 0 saturated heterocycles. The highest BCUT2D eigenvalue weighted by molar-refractivity contribution is 5.99. The number of anilines is 2. The maximum atomic E-state index is 3.52. The van der Waals surface area contributed by atoms with E-state index >= 15 is 0 Å². The predicted molar refractivity (Wildman–Crippen MR) is 117 cm³/mol. The van der Waals surface area contributed by atoms with Crippen molar-refractivity contribution in [1.29, 1.82) is 0 Å². The van der Waals surface area contributed by atoms with Crippen LogP contribution in [0.4, 0.5) is 11.4 Å². The first kappa shape index (κ1) is 15.7. The fraction of sp³-hybridized carbons (Fsp3) is 0. The molecule has 0 saturated carbocycles. The van der Waals surface area contributed by atoms with E-state index in [2.05, 4.69) is 108 Å². The topological polar surface area (TPSA) is 12.0 Å². The second-order valence-electron chi connectivity index (χ2n) is 6.83. The molecule has 0 aromatic heterocycles. The highest BCUT2D eigenvalue weighted by Gasteiger charge is 2.02. The molecule has 1 nitrogen and oxygen atoms in total. The van der Waals surface area contributed by atoms with Crippen LogP contribution in [0.1, 0.15) is 0 Å². The Balaban J connectivity index is 1.44. The maximum Gasteiger partial charge on any atom is 0.0390 e. The van der Waals surface area contributed by atoms with Gasteiger partial charge in [-0.3, -0.25) is 0 Å².